The first kappa shape index (κ1) is 20.5. The zero-order valence-electron chi connectivity index (χ0n) is 15.7. The van der Waals surface area contributed by atoms with E-state index in [0.717, 1.165) is 0 Å². The van der Waals surface area contributed by atoms with Crippen LogP contribution in [-0.2, 0) is 9.84 Å². The number of hydrogen-bond acceptors (Lipinski definition) is 6. The molecule has 1 atom stereocenters. The molecule has 1 aliphatic heterocycles. The fourth-order valence-electron chi connectivity index (χ4n) is 3.32. The Labute approximate surface area is 168 Å². The molecule has 0 bridgehead atoms. The van der Waals surface area contributed by atoms with Crippen molar-refractivity contribution < 1.29 is 18.1 Å². The highest BCUT2D eigenvalue weighted by Gasteiger charge is 2.35. The van der Waals surface area contributed by atoms with Crippen molar-refractivity contribution in [2.24, 2.45) is 0 Å². The van der Waals surface area contributed by atoms with Crippen molar-refractivity contribution in [3.05, 3.63) is 76.9 Å². The summed E-state index contributed by atoms with van der Waals surface area (Å²) in [5.41, 5.74) is 0.828. The van der Waals surface area contributed by atoms with E-state index in [1.165, 1.54) is 29.2 Å². The molecular weight excluding hydrogens is 394 g/mol. The van der Waals surface area contributed by atoms with E-state index in [1.807, 2.05) is 6.07 Å². The summed E-state index contributed by atoms with van der Waals surface area (Å²) in [5.74, 6) is -0.539. The van der Waals surface area contributed by atoms with Crippen molar-refractivity contribution in [3.63, 3.8) is 0 Å². The van der Waals surface area contributed by atoms with Crippen LogP contribution in [0.1, 0.15) is 16.8 Å². The highest BCUT2D eigenvalue weighted by molar-refractivity contribution is 7.91. The summed E-state index contributed by atoms with van der Waals surface area (Å²) in [6.07, 6.45) is 1.86. The number of carbonyl (C=O) groups excluding carboxylic acids is 1. The molecule has 1 N–H and O–H groups in total. The maximum atomic E-state index is 13.0. The van der Waals surface area contributed by atoms with Crippen LogP contribution in [0.15, 0.2) is 61.2 Å². The monoisotopic (exact) mass is 415 g/mol. The van der Waals surface area contributed by atoms with Gasteiger partial charge >= 0.3 is 0 Å². The van der Waals surface area contributed by atoms with Gasteiger partial charge in [0.05, 0.1) is 16.4 Å². The summed E-state index contributed by atoms with van der Waals surface area (Å²) in [7, 11) is -3.18. The Morgan fingerprint density at radius 3 is 2.59 bits per heavy atom. The van der Waals surface area contributed by atoms with E-state index < -0.39 is 26.7 Å². The number of carbonyl (C=O) groups is 1. The Hall–Kier alpha value is -3.20. The van der Waals surface area contributed by atoms with Gasteiger partial charge in [-0.05, 0) is 30.7 Å². The van der Waals surface area contributed by atoms with Crippen LogP contribution in [0.4, 0.5) is 17.1 Å². The molecule has 3 rings (SSSR count). The fourth-order valence-corrected chi connectivity index (χ4v) is 5.05. The van der Waals surface area contributed by atoms with Crippen LogP contribution < -0.4 is 5.32 Å². The van der Waals surface area contributed by atoms with Gasteiger partial charge in [0.2, 0.25) is 0 Å². The molecule has 0 aliphatic carbocycles. The standard InChI is InChI=1S/C20H21N3O5S/c1-2-11-22(17-10-12-29(27,28)14-17)20(24)15-8-9-18(19(13-15)23(25)26)21-16-6-4-3-5-7-16/h2-9,13,17,21H,1,10-12,14H2. The number of nitrogens with one attached hydrogen (secondary N) is 1. The van der Waals surface area contributed by atoms with Gasteiger partial charge in [-0.25, -0.2) is 8.42 Å². The van der Waals surface area contributed by atoms with Crippen molar-refractivity contribution in [1.29, 1.82) is 0 Å². The number of anilines is 2. The van der Waals surface area contributed by atoms with Crippen LogP contribution in [-0.4, -0.2) is 48.2 Å². The van der Waals surface area contributed by atoms with Crippen LogP contribution in [0.25, 0.3) is 0 Å². The van der Waals surface area contributed by atoms with Crippen molar-refractivity contribution in [2.75, 3.05) is 23.4 Å². The maximum Gasteiger partial charge on any atom is 0.293 e. The summed E-state index contributed by atoms with van der Waals surface area (Å²) < 4.78 is 23.6. The Bertz CT molecular complexity index is 1040. The second-order valence-electron chi connectivity index (χ2n) is 6.78. The molecule has 1 saturated heterocycles. The van der Waals surface area contributed by atoms with Gasteiger partial charge in [0.1, 0.15) is 5.69 Å². The van der Waals surface area contributed by atoms with Gasteiger partial charge in [-0.15, -0.1) is 6.58 Å². The molecule has 1 amide bonds. The zero-order chi connectivity index (χ0) is 21.0. The zero-order valence-corrected chi connectivity index (χ0v) is 16.5. The summed E-state index contributed by atoms with van der Waals surface area (Å²) >= 11 is 0. The maximum absolute atomic E-state index is 13.0. The predicted molar refractivity (Wildman–Crippen MR) is 111 cm³/mol. The minimum atomic E-state index is -3.18. The first-order valence-electron chi connectivity index (χ1n) is 9.03. The number of para-hydroxylation sites is 1. The molecule has 1 fully saturated rings. The number of amides is 1. The molecule has 0 saturated carbocycles. The summed E-state index contributed by atoms with van der Waals surface area (Å²) in [4.78, 5) is 25.4. The van der Waals surface area contributed by atoms with E-state index >= 15 is 0 Å². The minimum Gasteiger partial charge on any atom is -0.350 e. The van der Waals surface area contributed by atoms with Gasteiger partial charge in [0.15, 0.2) is 9.84 Å². The molecule has 9 heteroatoms. The molecular formula is C20H21N3O5S. The molecule has 1 aliphatic rings. The van der Waals surface area contributed by atoms with Gasteiger partial charge in [0.25, 0.3) is 11.6 Å². The van der Waals surface area contributed by atoms with Crippen LogP contribution in [0.3, 0.4) is 0 Å². The molecule has 0 aromatic heterocycles. The SMILES string of the molecule is C=CCN(C(=O)c1ccc(Nc2ccccc2)c([N+](=O)[O-])c1)C1CCS(=O)(=O)C1. The third kappa shape index (κ3) is 4.80. The van der Waals surface area contributed by atoms with E-state index in [1.54, 1.807) is 24.3 Å². The van der Waals surface area contributed by atoms with E-state index in [0.29, 0.717) is 12.1 Å². The molecule has 0 radical (unpaired) electrons. The first-order chi connectivity index (χ1) is 13.8. The quantitative estimate of drug-likeness (QED) is 0.423. The topological polar surface area (TPSA) is 110 Å². The Balaban J connectivity index is 1.90. The summed E-state index contributed by atoms with van der Waals surface area (Å²) in [5, 5.41) is 14.5. The van der Waals surface area contributed by atoms with Crippen molar-refractivity contribution in [3.8, 4) is 0 Å². The first-order valence-corrected chi connectivity index (χ1v) is 10.9. The second kappa shape index (κ2) is 8.44. The molecule has 152 valence electrons. The van der Waals surface area contributed by atoms with Gasteiger partial charge in [0, 0.05) is 29.9 Å². The van der Waals surface area contributed by atoms with Gasteiger partial charge in [-0.1, -0.05) is 24.3 Å². The molecule has 2 aromatic carbocycles. The smallest absolute Gasteiger partial charge is 0.293 e. The minimum absolute atomic E-state index is 0.0265. The lowest BCUT2D eigenvalue weighted by Gasteiger charge is -2.27. The second-order valence-corrected chi connectivity index (χ2v) is 9.01. The predicted octanol–water partition coefficient (Wildman–Crippen LogP) is 3.15. The van der Waals surface area contributed by atoms with E-state index in [-0.39, 0.29) is 35.0 Å². The largest absolute Gasteiger partial charge is 0.350 e. The van der Waals surface area contributed by atoms with E-state index in [9.17, 15) is 23.3 Å². The van der Waals surface area contributed by atoms with Crippen LogP contribution in [0.2, 0.25) is 0 Å². The number of nitrogens with zero attached hydrogens (tertiary/aromatic N) is 2. The number of sulfone groups is 1. The van der Waals surface area contributed by atoms with E-state index in [2.05, 4.69) is 11.9 Å². The lowest BCUT2D eigenvalue weighted by Crippen LogP contribution is -2.41. The van der Waals surface area contributed by atoms with Gasteiger partial charge < -0.3 is 10.2 Å². The van der Waals surface area contributed by atoms with Crippen LogP contribution in [0, 0.1) is 10.1 Å². The highest BCUT2D eigenvalue weighted by atomic mass is 32.2. The lowest BCUT2D eigenvalue weighted by molar-refractivity contribution is -0.383. The molecule has 1 unspecified atom stereocenters. The average Bonchev–Trinajstić information content (AvgIpc) is 3.06. The fraction of sp³-hybridized carbons (Fsp3) is 0.250. The number of hydrogen-bond donors (Lipinski definition) is 1. The Morgan fingerprint density at radius 1 is 1.28 bits per heavy atom. The molecule has 8 nitrogen and oxygen atoms in total. The Kier molecular flexibility index (Phi) is 5.97. The van der Waals surface area contributed by atoms with Gasteiger partial charge in [-0.2, -0.15) is 0 Å². The highest BCUT2D eigenvalue weighted by Crippen LogP contribution is 2.30. The molecule has 1 heterocycles. The summed E-state index contributed by atoms with van der Waals surface area (Å²) in [6.45, 7) is 3.79. The van der Waals surface area contributed by atoms with Crippen LogP contribution >= 0.6 is 0 Å². The van der Waals surface area contributed by atoms with Crippen molar-refractivity contribution in [1.82, 2.24) is 4.90 Å². The lowest BCUT2D eigenvalue weighted by atomic mass is 10.1. The molecule has 0 spiro atoms. The number of nitro benzene ring substituents is 1. The number of benzene rings is 2. The molecule has 29 heavy (non-hydrogen) atoms. The average molecular weight is 415 g/mol. The third-order valence-electron chi connectivity index (χ3n) is 4.73. The van der Waals surface area contributed by atoms with Crippen molar-refractivity contribution in [2.45, 2.75) is 12.5 Å². The third-order valence-corrected chi connectivity index (χ3v) is 6.48. The number of rotatable bonds is 7. The number of nitro groups is 1. The van der Waals surface area contributed by atoms with Crippen LogP contribution in [0.5, 0.6) is 0 Å². The normalized spacial score (nSPS) is 17.4. The van der Waals surface area contributed by atoms with E-state index in [4.69, 9.17) is 0 Å². The van der Waals surface area contributed by atoms with Gasteiger partial charge in [-0.3, -0.25) is 14.9 Å². The Morgan fingerprint density at radius 2 is 2.00 bits per heavy atom. The van der Waals surface area contributed by atoms with Crippen molar-refractivity contribution >= 4 is 32.8 Å². The summed E-state index contributed by atoms with van der Waals surface area (Å²) in [6, 6.07) is 12.7. The molecule has 2 aromatic rings.